The molecule has 1 heterocycles. The second-order valence-corrected chi connectivity index (χ2v) is 8.83. The lowest BCUT2D eigenvalue weighted by molar-refractivity contribution is -0.164. The molecule has 0 amide bonds. The molecule has 5 nitrogen and oxygen atoms in total. The standard InChI is InChI=1S/C20H28O5/c1-5-9(2)18(22)24-14-8-20(4)7-11-16(14)17(25-19(11)23)15-10(3)13(21)6-12(15)20/h9,11-14,16-17,21H,5-8H2,1-4H3/t9-,11-,12-,13-,14-,16-,17+,20+/m1/s1. The molecule has 0 aromatic rings. The Morgan fingerprint density at radius 2 is 2.16 bits per heavy atom. The van der Waals surface area contributed by atoms with Gasteiger partial charge in [0.1, 0.15) is 12.2 Å². The number of hydrogen-bond acceptors (Lipinski definition) is 5. The largest absolute Gasteiger partial charge is 0.462 e. The Morgan fingerprint density at radius 1 is 1.44 bits per heavy atom. The number of rotatable bonds is 3. The van der Waals surface area contributed by atoms with Crippen molar-refractivity contribution < 1.29 is 24.2 Å². The molecule has 8 atom stereocenters. The molecule has 4 bridgehead atoms. The number of hydrogen-bond donors (Lipinski definition) is 1. The third-order valence-corrected chi connectivity index (χ3v) is 7.36. The van der Waals surface area contributed by atoms with Crippen molar-refractivity contribution in [3.05, 3.63) is 11.1 Å². The van der Waals surface area contributed by atoms with Crippen molar-refractivity contribution in [2.45, 2.75) is 71.7 Å². The molecule has 0 aromatic heterocycles. The lowest BCUT2D eigenvalue weighted by Gasteiger charge is -2.43. The third-order valence-electron chi connectivity index (χ3n) is 7.36. The second kappa shape index (κ2) is 5.57. The van der Waals surface area contributed by atoms with Crippen LogP contribution in [0.4, 0.5) is 0 Å². The van der Waals surface area contributed by atoms with E-state index < -0.39 is 6.10 Å². The first-order valence-corrected chi connectivity index (χ1v) is 9.56. The number of carbonyl (C=O) groups excluding carboxylic acids is 2. The van der Waals surface area contributed by atoms with Gasteiger partial charge in [0.25, 0.3) is 0 Å². The number of aliphatic hydroxyl groups excluding tert-OH is 1. The van der Waals surface area contributed by atoms with Crippen LogP contribution < -0.4 is 0 Å². The maximum Gasteiger partial charge on any atom is 0.310 e. The van der Waals surface area contributed by atoms with Gasteiger partial charge in [-0.1, -0.05) is 20.8 Å². The Hall–Kier alpha value is -1.36. The molecule has 1 N–H and O–H groups in total. The van der Waals surface area contributed by atoms with Crippen LogP contribution in [0.3, 0.4) is 0 Å². The summed E-state index contributed by atoms with van der Waals surface area (Å²) in [6.45, 7) is 8.00. The smallest absolute Gasteiger partial charge is 0.310 e. The predicted molar refractivity (Wildman–Crippen MR) is 90.3 cm³/mol. The molecule has 4 aliphatic carbocycles. The first-order chi connectivity index (χ1) is 11.8. The van der Waals surface area contributed by atoms with E-state index in [-0.39, 0.29) is 53.2 Å². The molecule has 0 spiro atoms. The predicted octanol–water partition coefficient (Wildman–Crippen LogP) is 2.61. The third kappa shape index (κ3) is 2.31. The summed E-state index contributed by atoms with van der Waals surface area (Å²) in [7, 11) is 0. The van der Waals surface area contributed by atoms with E-state index in [1.54, 1.807) is 0 Å². The summed E-state index contributed by atoms with van der Waals surface area (Å²) in [6.07, 6.45) is 1.89. The first-order valence-electron chi connectivity index (χ1n) is 9.56. The zero-order valence-corrected chi connectivity index (χ0v) is 15.5. The minimum Gasteiger partial charge on any atom is -0.462 e. The summed E-state index contributed by atoms with van der Waals surface area (Å²) in [4.78, 5) is 24.9. The molecule has 1 aliphatic heterocycles. The van der Waals surface area contributed by atoms with Gasteiger partial charge in [0.2, 0.25) is 0 Å². The lowest BCUT2D eigenvalue weighted by Crippen LogP contribution is -2.45. The molecule has 5 aliphatic rings. The molecule has 0 radical (unpaired) electrons. The van der Waals surface area contributed by atoms with E-state index in [1.807, 2.05) is 20.8 Å². The van der Waals surface area contributed by atoms with Crippen molar-refractivity contribution in [2.75, 3.05) is 0 Å². The molecule has 5 rings (SSSR count). The Bertz CT molecular complexity index is 652. The van der Waals surface area contributed by atoms with Gasteiger partial charge < -0.3 is 14.6 Å². The number of fused-ring (bicyclic) bond motifs is 1. The summed E-state index contributed by atoms with van der Waals surface area (Å²) >= 11 is 0. The molecule has 3 saturated carbocycles. The Morgan fingerprint density at radius 3 is 2.84 bits per heavy atom. The Balaban J connectivity index is 1.74. The van der Waals surface area contributed by atoms with Gasteiger partial charge in [-0.25, -0.2) is 0 Å². The molecule has 1 saturated heterocycles. The molecular formula is C20H28O5. The van der Waals surface area contributed by atoms with Crippen LogP contribution >= 0.6 is 0 Å². The van der Waals surface area contributed by atoms with Gasteiger partial charge in [-0.3, -0.25) is 9.59 Å². The van der Waals surface area contributed by atoms with E-state index in [9.17, 15) is 14.7 Å². The fraction of sp³-hybridized carbons (Fsp3) is 0.800. The van der Waals surface area contributed by atoms with Crippen LogP contribution in [0, 0.1) is 29.1 Å². The van der Waals surface area contributed by atoms with Crippen LogP contribution in [0.1, 0.15) is 53.4 Å². The fourth-order valence-electron chi connectivity index (χ4n) is 5.70. The summed E-state index contributed by atoms with van der Waals surface area (Å²) in [5.41, 5.74) is 1.93. The highest BCUT2D eigenvalue weighted by Crippen LogP contribution is 2.63. The van der Waals surface area contributed by atoms with Gasteiger partial charge in [0.15, 0.2) is 0 Å². The maximum atomic E-state index is 12.5. The van der Waals surface area contributed by atoms with Crippen LogP contribution in [0.2, 0.25) is 0 Å². The minimum atomic E-state index is -0.449. The van der Waals surface area contributed by atoms with E-state index in [0.717, 1.165) is 30.4 Å². The first kappa shape index (κ1) is 17.1. The van der Waals surface area contributed by atoms with Crippen LogP contribution in [0.25, 0.3) is 0 Å². The fourth-order valence-corrected chi connectivity index (χ4v) is 5.70. The van der Waals surface area contributed by atoms with Crippen molar-refractivity contribution in [1.82, 2.24) is 0 Å². The number of esters is 2. The molecule has 4 fully saturated rings. The highest BCUT2D eigenvalue weighted by Gasteiger charge is 2.65. The van der Waals surface area contributed by atoms with Crippen molar-refractivity contribution in [3.8, 4) is 0 Å². The summed E-state index contributed by atoms with van der Waals surface area (Å²) in [5, 5.41) is 10.4. The van der Waals surface area contributed by atoms with Gasteiger partial charge in [0.05, 0.1) is 23.9 Å². The van der Waals surface area contributed by atoms with E-state index >= 15 is 0 Å². The van der Waals surface area contributed by atoms with E-state index in [2.05, 4.69) is 6.92 Å². The molecular weight excluding hydrogens is 320 g/mol. The topological polar surface area (TPSA) is 72.8 Å². The van der Waals surface area contributed by atoms with Crippen molar-refractivity contribution in [2.24, 2.45) is 29.1 Å². The monoisotopic (exact) mass is 348 g/mol. The molecule has 5 heteroatoms. The minimum absolute atomic E-state index is 0.103. The van der Waals surface area contributed by atoms with E-state index in [0.29, 0.717) is 6.42 Å². The average Bonchev–Trinajstić information content (AvgIpc) is 2.98. The Kier molecular flexibility index (Phi) is 3.80. The van der Waals surface area contributed by atoms with Crippen molar-refractivity contribution in [3.63, 3.8) is 0 Å². The van der Waals surface area contributed by atoms with Gasteiger partial charge in [-0.15, -0.1) is 0 Å². The summed E-state index contributed by atoms with van der Waals surface area (Å²) in [6, 6.07) is 0. The van der Waals surface area contributed by atoms with Crippen LogP contribution in [-0.4, -0.2) is 35.4 Å². The molecule has 0 unspecified atom stereocenters. The SMILES string of the molecule is CC[C@@H](C)C(=O)O[C@@H]1C[C@]2(C)C[C@H]3C(=O)O[C@@H](C4=C(C)[C@H](O)C[C@H]42)[C@@H]13. The highest BCUT2D eigenvalue weighted by molar-refractivity contribution is 5.78. The number of ether oxygens (including phenoxy) is 2. The van der Waals surface area contributed by atoms with Gasteiger partial charge in [-0.05, 0) is 55.1 Å². The van der Waals surface area contributed by atoms with Crippen molar-refractivity contribution >= 4 is 11.9 Å². The maximum absolute atomic E-state index is 12.5. The second-order valence-electron chi connectivity index (χ2n) is 8.83. The molecule has 0 aromatic carbocycles. The van der Waals surface area contributed by atoms with Gasteiger partial charge in [-0.2, -0.15) is 0 Å². The zero-order chi connectivity index (χ0) is 18.1. The van der Waals surface area contributed by atoms with Crippen molar-refractivity contribution in [1.29, 1.82) is 0 Å². The molecule has 25 heavy (non-hydrogen) atoms. The lowest BCUT2D eigenvalue weighted by atomic mass is 9.62. The molecule has 138 valence electrons. The van der Waals surface area contributed by atoms with E-state index in [4.69, 9.17) is 9.47 Å². The van der Waals surface area contributed by atoms with Crippen LogP contribution in [0.5, 0.6) is 0 Å². The van der Waals surface area contributed by atoms with E-state index in [1.165, 1.54) is 0 Å². The normalized spacial score (nSPS) is 45.9. The quantitative estimate of drug-likeness (QED) is 0.627. The van der Waals surface area contributed by atoms with Crippen LogP contribution in [-0.2, 0) is 19.1 Å². The van der Waals surface area contributed by atoms with Gasteiger partial charge >= 0.3 is 11.9 Å². The van der Waals surface area contributed by atoms with Gasteiger partial charge in [0, 0.05) is 0 Å². The number of carbonyl (C=O) groups is 2. The highest BCUT2D eigenvalue weighted by atomic mass is 16.6. The zero-order valence-electron chi connectivity index (χ0n) is 15.5. The Labute approximate surface area is 148 Å². The summed E-state index contributed by atoms with van der Waals surface area (Å²) in [5.74, 6) is -0.557. The summed E-state index contributed by atoms with van der Waals surface area (Å²) < 4.78 is 11.7. The average molecular weight is 348 g/mol. The number of aliphatic hydroxyl groups is 1. The van der Waals surface area contributed by atoms with Crippen LogP contribution in [0.15, 0.2) is 11.1 Å².